The molecule has 120 valence electrons. The Kier molecular flexibility index (Phi) is 7.16. The highest BCUT2D eigenvalue weighted by Crippen LogP contribution is 2.23. The molecule has 0 heterocycles. The molecule has 0 unspecified atom stereocenters. The summed E-state index contributed by atoms with van der Waals surface area (Å²) in [7, 11) is 0. The number of rotatable bonds is 7. The summed E-state index contributed by atoms with van der Waals surface area (Å²) >= 11 is 0. The molecule has 0 radical (unpaired) electrons. The minimum absolute atomic E-state index is 0.0469. The zero-order valence-corrected chi connectivity index (χ0v) is 13.6. The number of benzene rings is 1. The number of hydrogen-bond acceptors (Lipinski definition) is 4. The second kappa shape index (κ2) is 8.87. The van der Waals surface area contributed by atoms with Crippen molar-refractivity contribution in [3.63, 3.8) is 0 Å². The number of ether oxygens (including phenoxy) is 2. The molecule has 0 bridgehead atoms. The van der Waals surface area contributed by atoms with Crippen LogP contribution in [-0.2, 0) is 4.74 Å². The van der Waals surface area contributed by atoms with E-state index in [0.717, 1.165) is 5.56 Å². The van der Waals surface area contributed by atoms with Crippen LogP contribution >= 0.6 is 0 Å². The first-order chi connectivity index (χ1) is 10.4. The molecule has 22 heavy (non-hydrogen) atoms. The third-order valence-corrected chi connectivity index (χ3v) is 2.49. The number of amides is 1. The van der Waals surface area contributed by atoms with E-state index >= 15 is 0 Å². The van der Waals surface area contributed by atoms with Crippen LogP contribution in [0.3, 0.4) is 0 Å². The van der Waals surface area contributed by atoms with Gasteiger partial charge in [-0.1, -0.05) is 20.4 Å². The van der Waals surface area contributed by atoms with Gasteiger partial charge in [-0.3, -0.25) is 10.3 Å². The average Bonchev–Trinajstić information content (AvgIpc) is 2.44. The lowest BCUT2D eigenvalue weighted by atomic mass is 10.2. The highest BCUT2D eigenvalue weighted by molar-refractivity contribution is 5.89. The van der Waals surface area contributed by atoms with Crippen molar-refractivity contribution in [2.75, 3.05) is 11.9 Å². The van der Waals surface area contributed by atoms with Crippen LogP contribution in [0.1, 0.15) is 33.3 Å². The molecular formula is C17H24N2O3. The Morgan fingerprint density at radius 2 is 2.09 bits per heavy atom. The largest absolute Gasteiger partial charge is 0.490 e. The highest BCUT2D eigenvalue weighted by atomic mass is 16.5. The van der Waals surface area contributed by atoms with Crippen molar-refractivity contribution in [2.24, 2.45) is 10.9 Å². The van der Waals surface area contributed by atoms with Gasteiger partial charge in [-0.15, -0.1) is 0 Å². The number of anilines is 1. The number of nitrogens with zero attached hydrogens (tertiary/aromatic N) is 1. The summed E-state index contributed by atoms with van der Waals surface area (Å²) in [5.41, 5.74) is 1.38. The Hall–Kier alpha value is -2.30. The van der Waals surface area contributed by atoms with E-state index in [1.165, 1.54) is 6.20 Å². The van der Waals surface area contributed by atoms with E-state index in [2.05, 4.69) is 16.9 Å². The van der Waals surface area contributed by atoms with Crippen molar-refractivity contribution >= 4 is 18.0 Å². The molecule has 0 aliphatic heterocycles. The molecule has 1 N–H and O–H groups in total. The second-order valence-corrected chi connectivity index (χ2v) is 5.50. The SMILES string of the molecule is C=CN=Cc1cc(NC(=O)OCC(C)C)ccc1OC(C)C. The van der Waals surface area contributed by atoms with Gasteiger partial charge in [0.25, 0.3) is 0 Å². The molecule has 0 saturated heterocycles. The molecule has 0 atom stereocenters. The first kappa shape index (κ1) is 17.8. The van der Waals surface area contributed by atoms with Crippen molar-refractivity contribution in [1.29, 1.82) is 0 Å². The molecule has 5 heteroatoms. The van der Waals surface area contributed by atoms with Crippen LogP contribution in [0.2, 0.25) is 0 Å². The summed E-state index contributed by atoms with van der Waals surface area (Å²) in [6.07, 6.45) is 2.65. The van der Waals surface area contributed by atoms with Crippen LogP contribution in [0, 0.1) is 5.92 Å². The normalized spacial score (nSPS) is 11.0. The molecule has 0 fully saturated rings. The molecule has 0 aliphatic rings. The highest BCUT2D eigenvalue weighted by Gasteiger charge is 2.09. The maximum absolute atomic E-state index is 11.7. The van der Waals surface area contributed by atoms with Gasteiger partial charge in [0.2, 0.25) is 0 Å². The van der Waals surface area contributed by atoms with E-state index in [1.54, 1.807) is 24.4 Å². The Morgan fingerprint density at radius 3 is 2.68 bits per heavy atom. The monoisotopic (exact) mass is 304 g/mol. The Morgan fingerprint density at radius 1 is 1.36 bits per heavy atom. The second-order valence-electron chi connectivity index (χ2n) is 5.50. The zero-order chi connectivity index (χ0) is 16.5. The lowest BCUT2D eigenvalue weighted by Gasteiger charge is -2.14. The van der Waals surface area contributed by atoms with Crippen molar-refractivity contribution in [3.8, 4) is 5.75 Å². The maximum Gasteiger partial charge on any atom is 0.411 e. The number of carbonyl (C=O) groups is 1. The van der Waals surface area contributed by atoms with Gasteiger partial charge < -0.3 is 9.47 Å². The van der Waals surface area contributed by atoms with E-state index < -0.39 is 6.09 Å². The van der Waals surface area contributed by atoms with Crippen molar-refractivity contribution < 1.29 is 14.3 Å². The number of hydrogen-bond donors (Lipinski definition) is 1. The van der Waals surface area contributed by atoms with Gasteiger partial charge in [-0.2, -0.15) is 0 Å². The smallest absolute Gasteiger partial charge is 0.411 e. The third kappa shape index (κ3) is 6.43. The quantitative estimate of drug-likeness (QED) is 0.766. The van der Waals surface area contributed by atoms with E-state index in [9.17, 15) is 4.79 Å². The summed E-state index contributed by atoms with van der Waals surface area (Å²) in [4.78, 5) is 15.7. The summed E-state index contributed by atoms with van der Waals surface area (Å²) in [5, 5.41) is 2.69. The average molecular weight is 304 g/mol. The Labute approximate surface area is 132 Å². The van der Waals surface area contributed by atoms with E-state index in [4.69, 9.17) is 9.47 Å². The molecular weight excluding hydrogens is 280 g/mol. The van der Waals surface area contributed by atoms with Gasteiger partial charge in [-0.25, -0.2) is 4.79 Å². The summed E-state index contributed by atoms with van der Waals surface area (Å²) in [6.45, 7) is 11.8. The number of carbonyl (C=O) groups excluding carboxylic acids is 1. The van der Waals surface area contributed by atoms with Crippen LogP contribution in [0.4, 0.5) is 10.5 Å². The summed E-state index contributed by atoms with van der Waals surface area (Å²) < 4.78 is 10.8. The van der Waals surface area contributed by atoms with Gasteiger partial charge in [0.1, 0.15) is 5.75 Å². The molecule has 5 nitrogen and oxygen atoms in total. The fourth-order valence-corrected chi connectivity index (χ4v) is 1.62. The molecule has 1 amide bonds. The van der Waals surface area contributed by atoms with Gasteiger partial charge in [0, 0.05) is 23.7 Å². The minimum Gasteiger partial charge on any atom is -0.490 e. The van der Waals surface area contributed by atoms with Crippen LogP contribution in [-0.4, -0.2) is 25.0 Å². The van der Waals surface area contributed by atoms with Crippen LogP contribution in [0.25, 0.3) is 0 Å². The molecule has 1 aromatic rings. The summed E-state index contributed by atoms with van der Waals surface area (Å²) in [5.74, 6) is 0.990. The molecule has 1 aromatic carbocycles. The number of aliphatic imine (C=N–C) groups is 1. The maximum atomic E-state index is 11.7. The van der Waals surface area contributed by atoms with Gasteiger partial charge in [-0.05, 0) is 38.0 Å². The fraction of sp³-hybridized carbons (Fsp3) is 0.412. The zero-order valence-electron chi connectivity index (χ0n) is 13.6. The standard InChI is InChI=1S/C17H24N2O3/c1-6-18-10-14-9-15(7-8-16(14)22-13(4)5)19-17(20)21-11-12(2)3/h6-10,12-13H,1,11H2,2-5H3,(H,19,20). The van der Waals surface area contributed by atoms with Crippen LogP contribution in [0.15, 0.2) is 36.0 Å². The van der Waals surface area contributed by atoms with Crippen LogP contribution in [0.5, 0.6) is 5.75 Å². The fourth-order valence-electron chi connectivity index (χ4n) is 1.62. The topological polar surface area (TPSA) is 59.9 Å². The van der Waals surface area contributed by atoms with E-state index in [1.807, 2.05) is 27.7 Å². The first-order valence-electron chi connectivity index (χ1n) is 7.31. The van der Waals surface area contributed by atoms with Gasteiger partial charge in [0.05, 0.1) is 12.7 Å². The van der Waals surface area contributed by atoms with E-state index in [-0.39, 0.29) is 6.10 Å². The first-order valence-corrected chi connectivity index (χ1v) is 7.31. The third-order valence-electron chi connectivity index (χ3n) is 2.49. The van der Waals surface area contributed by atoms with Crippen molar-refractivity contribution in [1.82, 2.24) is 0 Å². The Balaban J connectivity index is 2.86. The summed E-state index contributed by atoms with van der Waals surface area (Å²) in [6, 6.07) is 5.34. The lowest BCUT2D eigenvalue weighted by Crippen LogP contribution is -2.17. The minimum atomic E-state index is -0.474. The van der Waals surface area contributed by atoms with Crippen molar-refractivity contribution in [2.45, 2.75) is 33.8 Å². The van der Waals surface area contributed by atoms with Gasteiger partial charge in [0.15, 0.2) is 0 Å². The van der Waals surface area contributed by atoms with Crippen molar-refractivity contribution in [3.05, 3.63) is 36.5 Å². The predicted octanol–water partition coefficient (Wildman–Crippen LogP) is 4.24. The molecule has 1 rings (SSSR count). The molecule has 0 aromatic heterocycles. The Bertz CT molecular complexity index is 537. The predicted molar refractivity (Wildman–Crippen MR) is 89.8 cm³/mol. The molecule has 0 saturated carbocycles. The molecule has 0 aliphatic carbocycles. The lowest BCUT2D eigenvalue weighted by molar-refractivity contribution is 0.147. The number of nitrogens with one attached hydrogen (secondary N) is 1. The van der Waals surface area contributed by atoms with Gasteiger partial charge >= 0.3 is 6.09 Å². The molecule has 0 spiro atoms. The van der Waals surface area contributed by atoms with E-state index in [0.29, 0.717) is 24.0 Å². The van der Waals surface area contributed by atoms with Crippen LogP contribution < -0.4 is 10.1 Å².